The van der Waals surface area contributed by atoms with Crippen molar-refractivity contribution in [3.63, 3.8) is 0 Å². The summed E-state index contributed by atoms with van der Waals surface area (Å²) >= 11 is 0. The first-order valence-corrected chi connectivity index (χ1v) is 6.19. The number of nitriles is 1. The van der Waals surface area contributed by atoms with Gasteiger partial charge in [-0.3, -0.25) is 0 Å². The summed E-state index contributed by atoms with van der Waals surface area (Å²) in [5.74, 6) is 0.701. The average Bonchev–Trinajstić information content (AvgIpc) is 2.71. The van der Waals surface area contributed by atoms with E-state index in [0.717, 1.165) is 5.39 Å². The van der Waals surface area contributed by atoms with Crippen molar-refractivity contribution in [2.75, 3.05) is 13.2 Å². The Bertz CT molecular complexity index is 602. The van der Waals surface area contributed by atoms with Gasteiger partial charge < -0.3 is 13.9 Å². The number of hydrogen-bond donors (Lipinski definition) is 0. The van der Waals surface area contributed by atoms with Gasteiger partial charge in [-0.15, -0.1) is 0 Å². The van der Waals surface area contributed by atoms with Crippen LogP contribution in [-0.4, -0.2) is 18.8 Å². The minimum Gasteiger partial charge on any atom is -0.486 e. The molecule has 0 saturated heterocycles. The van der Waals surface area contributed by atoms with Gasteiger partial charge in [0.25, 0.3) is 0 Å². The molecule has 0 spiro atoms. The van der Waals surface area contributed by atoms with E-state index in [1.54, 1.807) is 0 Å². The Morgan fingerprint density at radius 2 is 1.95 bits per heavy atom. The molecule has 1 heterocycles. The molecule has 1 aromatic heterocycles. The Kier molecular flexibility index (Phi) is 3.77. The van der Waals surface area contributed by atoms with E-state index in [4.69, 9.17) is 19.2 Å². The Morgan fingerprint density at radius 1 is 1.21 bits per heavy atom. The third kappa shape index (κ3) is 3.27. The van der Waals surface area contributed by atoms with Crippen molar-refractivity contribution in [3.8, 4) is 11.8 Å². The molecule has 2 aromatic rings. The van der Waals surface area contributed by atoms with Crippen LogP contribution in [0.4, 0.5) is 0 Å². The van der Waals surface area contributed by atoms with Crippen LogP contribution in [0.25, 0.3) is 11.0 Å². The van der Waals surface area contributed by atoms with Crippen LogP contribution in [0.15, 0.2) is 28.7 Å². The molecular weight excluding hydrogens is 242 g/mol. The second-order valence-electron chi connectivity index (χ2n) is 5.18. The van der Waals surface area contributed by atoms with Crippen molar-refractivity contribution in [1.82, 2.24) is 0 Å². The molecule has 2 rings (SSSR count). The quantitative estimate of drug-likeness (QED) is 0.788. The summed E-state index contributed by atoms with van der Waals surface area (Å²) in [4.78, 5) is 0. The van der Waals surface area contributed by atoms with Gasteiger partial charge in [0.1, 0.15) is 18.3 Å². The fourth-order valence-electron chi connectivity index (χ4n) is 1.73. The topological polar surface area (TPSA) is 55.4 Å². The third-order valence-electron chi connectivity index (χ3n) is 2.52. The molecule has 4 nitrogen and oxygen atoms in total. The number of furan rings is 1. The van der Waals surface area contributed by atoms with E-state index in [9.17, 15) is 0 Å². The summed E-state index contributed by atoms with van der Waals surface area (Å²) < 4.78 is 16.6. The highest BCUT2D eigenvalue weighted by molar-refractivity contribution is 5.86. The maximum absolute atomic E-state index is 9.05. The molecule has 0 N–H and O–H groups in total. The summed E-state index contributed by atoms with van der Waals surface area (Å²) in [5.41, 5.74) is 0.464. The van der Waals surface area contributed by atoms with E-state index in [1.165, 1.54) is 0 Å². The van der Waals surface area contributed by atoms with Gasteiger partial charge >= 0.3 is 0 Å². The lowest BCUT2D eigenvalue weighted by Crippen LogP contribution is -2.22. The minimum absolute atomic E-state index is 0.195. The standard InChI is InChI=1S/C15H17NO3/c1-15(2,3)18-9-8-17-14-11-6-4-5-7-12(11)19-13(14)10-16/h4-7H,8-9H2,1-3H3. The van der Waals surface area contributed by atoms with Crippen molar-refractivity contribution >= 4 is 11.0 Å². The van der Waals surface area contributed by atoms with Crippen LogP contribution < -0.4 is 4.74 Å². The van der Waals surface area contributed by atoms with Crippen molar-refractivity contribution in [2.45, 2.75) is 26.4 Å². The van der Waals surface area contributed by atoms with Crippen LogP contribution in [0.3, 0.4) is 0 Å². The highest BCUT2D eigenvalue weighted by atomic mass is 16.5. The highest BCUT2D eigenvalue weighted by Gasteiger charge is 2.15. The van der Waals surface area contributed by atoms with Crippen molar-refractivity contribution in [2.24, 2.45) is 0 Å². The van der Waals surface area contributed by atoms with Gasteiger partial charge in [0.05, 0.1) is 17.6 Å². The fourth-order valence-corrected chi connectivity index (χ4v) is 1.73. The van der Waals surface area contributed by atoms with E-state index in [-0.39, 0.29) is 11.4 Å². The average molecular weight is 259 g/mol. The number of benzene rings is 1. The molecule has 0 aliphatic heterocycles. The zero-order valence-electron chi connectivity index (χ0n) is 11.4. The Balaban J connectivity index is 2.10. The third-order valence-corrected chi connectivity index (χ3v) is 2.52. The molecule has 1 aromatic carbocycles. The minimum atomic E-state index is -0.195. The molecule has 19 heavy (non-hydrogen) atoms. The van der Waals surface area contributed by atoms with Crippen LogP contribution in [0.1, 0.15) is 26.5 Å². The van der Waals surface area contributed by atoms with Crippen molar-refractivity contribution in [1.29, 1.82) is 5.26 Å². The van der Waals surface area contributed by atoms with Crippen molar-refractivity contribution < 1.29 is 13.9 Å². The number of hydrogen-bond acceptors (Lipinski definition) is 4. The molecule has 0 aliphatic carbocycles. The molecular formula is C15H17NO3. The molecule has 0 amide bonds. The Labute approximate surface area is 112 Å². The van der Waals surface area contributed by atoms with Gasteiger partial charge in [0.2, 0.25) is 5.76 Å². The largest absolute Gasteiger partial charge is 0.486 e. The van der Waals surface area contributed by atoms with Gasteiger partial charge in [-0.1, -0.05) is 12.1 Å². The maximum Gasteiger partial charge on any atom is 0.246 e. The SMILES string of the molecule is CC(C)(C)OCCOc1c(C#N)oc2ccccc12. The molecule has 0 saturated carbocycles. The molecule has 0 bridgehead atoms. The number of rotatable bonds is 4. The molecule has 0 unspecified atom stereocenters. The van der Waals surface area contributed by atoms with Gasteiger partial charge in [0, 0.05) is 0 Å². The summed E-state index contributed by atoms with van der Waals surface area (Å²) in [6.07, 6.45) is 0. The lowest BCUT2D eigenvalue weighted by atomic mass is 10.2. The Morgan fingerprint density at radius 3 is 2.63 bits per heavy atom. The molecule has 0 radical (unpaired) electrons. The van der Waals surface area contributed by atoms with Crippen molar-refractivity contribution in [3.05, 3.63) is 30.0 Å². The summed E-state index contributed by atoms with van der Waals surface area (Å²) in [5, 5.41) is 9.86. The number of ether oxygens (including phenoxy) is 2. The zero-order chi connectivity index (χ0) is 13.9. The Hall–Kier alpha value is -1.99. The van der Waals surface area contributed by atoms with Crippen LogP contribution in [0, 0.1) is 11.3 Å². The second kappa shape index (κ2) is 5.33. The highest BCUT2D eigenvalue weighted by Crippen LogP contribution is 2.32. The number of fused-ring (bicyclic) bond motifs is 1. The monoisotopic (exact) mass is 259 g/mol. The predicted molar refractivity (Wildman–Crippen MR) is 72.1 cm³/mol. The van der Waals surface area contributed by atoms with Crippen LogP contribution in [-0.2, 0) is 4.74 Å². The van der Waals surface area contributed by atoms with Crippen LogP contribution in [0.5, 0.6) is 5.75 Å². The first-order valence-electron chi connectivity index (χ1n) is 6.19. The van der Waals surface area contributed by atoms with Crippen LogP contribution in [0.2, 0.25) is 0 Å². The van der Waals surface area contributed by atoms with E-state index in [2.05, 4.69) is 0 Å². The first-order chi connectivity index (χ1) is 9.01. The molecule has 0 fully saturated rings. The lowest BCUT2D eigenvalue weighted by Gasteiger charge is -2.19. The zero-order valence-corrected chi connectivity index (χ0v) is 11.4. The van der Waals surface area contributed by atoms with Gasteiger partial charge in [-0.25, -0.2) is 0 Å². The lowest BCUT2D eigenvalue weighted by molar-refractivity contribution is -0.0162. The first kappa shape index (κ1) is 13.4. The van der Waals surface area contributed by atoms with E-state index < -0.39 is 0 Å². The van der Waals surface area contributed by atoms with E-state index >= 15 is 0 Å². The predicted octanol–water partition coefficient (Wildman–Crippen LogP) is 3.50. The van der Waals surface area contributed by atoms with Gasteiger partial charge in [0.15, 0.2) is 5.75 Å². The van der Waals surface area contributed by atoms with Crippen LogP contribution >= 0.6 is 0 Å². The normalized spacial score (nSPS) is 11.5. The number of para-hydroxylation sites is 1. The molecule has 100 valence electrons. The van der Waals surface area contributed by atoms with Gasteiger partial charge in [-0.05, 0) is 32.9 Å². The summed E-state index contributed by atoms with van der Waals surface area (Å²) in [7, 11) is 0. The summed E-state index contributed by atoms with van der Waals surface area (Å²) in [6.45, 7) is 6.81. The maximum atomic E-state index is 9.05. The molecule has 4 heteroatoms. The van der Waals surface area contributed by atoms with E-state index in [1.807, 2.05) is 51.1 Å². The molecule has 0 atom stereocenters. The second-order valence-corrected chi connectivity index (χ2v) is 5.18. The van der Waals surface area contributed by atoms with Gasteiger partial charge in [-0.2, -0.15) is 5.26 Å². The molecule has 0 aliphatic rings. The fraction of sp³-hybridized carbons (Fsp3) is 0.400. The summed E-state index contributed by atoms with van der Waals surface area (Å²) in [6, 6.07) is 9.45. The number of nitrogens with zero attached hydrogens (tertiary/aromatic N) is 1. The smallest absolute Gasteiger partial charge is 0.246 e. The van der Waals surface area contributed by atoms with E-state index in [0.29, 0.717) is 24.5 Å².